The van der Waals surface area contributed by atoms with Gasteiger partial charge < -0.3 is 16.4 Å². The Balaban J connectivity index is 2.10. The van der Waals surface area contributed by atoms with Gasteiger partial charge in [0, 0.05) is 18.7 Å². The fraction of sp³-hybridized carbons (Fsp3) is 0.333. The number of anilines is 1. The average molecular weight is 333 g/mol. The zero-order chi connectivity index (χ0) is 16.8. The molecule has 2 amide bonds. The number of nitrogens with one attached hydrogen (secondary N) is 1. The SMILES string of the molecule is NC(=O)c1ccc(N/N=C(/C(=O)N2CCCCC2)C(N)=S)cc1. The fourth-order valence-corrected chi connectivity index (χ4v) is 2.42. The van der Waals surface area contributed by atoms with Gasteiger partial charge in [-0.1, -0.05) is 12.2 Å². The van der Waals surface area contributed by atoms with E-state index in [-0.39, 0.29) is 16.6 Å². The van der Waals surface area contributed by atoms with Gasteiger partial charge in [-0.3, -0.25) is 15.0 Å². The number of carbonyl (C=O) groups is 2. The third-order valence-corrected chi connectivity index (χ3v) is 3.74. The largest absolute Gasteiger partial charge is 0.388 e. The topological polar surface area (TPSA) is 114 Å². The maximum Gasteiger partial charge on any atom is 0.277 e. The number of rotatable bonds is 5. The van der Waals surface area contributed by atoms with Crippen LogP contribution in [0.4, 0.5) is 5.69 Å². The molecule has 23 heavy (non-hydrogen) atoms. The predicted molar refractivity (Wildman–Crippen MR) is 93.2 cm³/mol. The number of nitrogens with zero attached hydrogens (tertiary/aromatic N) is 2. The number of hydrazone groups is 1. The number of hydrogen-bond acceptors (Lipinski definition) is 5. The lowest BCUT2D eigenvalue weighted by Crippen LogP contribution is -2.44. The highest BCUT2D eigenvalue weighted by molar-refractivity contribution is 7.82. The van der Waals surface area contributed by atoms with Crippen LogP contribution in [0.5, 0.6) is 0 Å². The van der Waals surface area contributed by atoms with Crippen molar-refractivity contribution in [3.8, 4) is 0 Å². The minimum atomic E-state index is -0.510. The van der Waals surface area contributed by atoms with Gasteiger partial charge in [-0.15, -0.1) is 0 Å². The van der Waals surface area contributed by atoms with Gasteiger partial charge >= 0.3 is 0 Å². The van der Waals surface area contributed by atoms with Crippen LogP contribution in [0.1, 0.15) is 29.6 Å². The van der Waals surface area contributed by atoms with Gasteiger partial charge in [0.25, 0.3) is 5.91 Å². The standard InChI is InChI=1S/C15H19N5O2S/c16-13(21)10-4-6-11(7-5-10)18-19-12(14(17)23)15(22)20-8-2-1-3-9-20/h4-7,18H,1-3,8-9H2,(H2,16,21)(H2,17,23)/b19-12+. The van der Waals surface area contributed by atoms with Gasteiger partial charge in [-0.25, -0.2) is 0 Å². The molecule has 1 heterocycles. The molecule has 0 aliphatic carbocycles. The molecule has 7 nitrogen and oxygen atoms in total. The van der Waals surface area contributed by atoms with Crippen molar-refractivity contribution in [2.45, 2.75) is 19.3 Å². The van der Waals surface area contributed by atoms with Gasteiger partial charge in [0.05, 0.1) is 5.69 Å². The third kappa shape index (κ3) is 4.49. The summed E-state index contributed by atoms with van der Waals surface area (Å²) < 4.78 is 0. The summed E-state index contributed by atoms with van der Waals surface area (Å²) in [5.41, 5.74) is 14.5. The van der Waals surface area contributed by atoms with Crippen molar-refractivity contribution in [2.75, 3.05) is 18.5 Å². The number of hydrogen-bond donors (Lipinski definition) is 3. The number of primary amides is 1. The summed E-state index contributed by atoms with van der Waals surface area (Å²) in [6.45, 7) is 1.38. The lowest BCUT2D eigenvalue weighted by atomic mass is 10.1. The second-order valence-electron chi connectivity index (χ2n) is 5.23. The summed E-state index contributed by atoms with van der Waals surface area (Å²) >= 11 is 4.93. The lowest BCUT2D eigenvalue weighted by Gasteiger charge is -2.26. The van der Waals surface area contributed by atoms with Crippen LogP contribution in [0, 0.1) is 0 Å². The molecule has 5 N–H and O–H groups in total. The Morgan fingerprint density at radius 2 is 1.70 bits per heavy atom. The van der Waals surface area contributed by atoms with E-state index in [1.54, 1.807) is 29.2 Å². The summed E-state index contributed by atoms with van der Waals surface area (Å²) in [5, 5.41) is 4.04. The van der Waals surface area contributed by atoms with Crippen LogP contribution in [0.3, 0.4) is 0 Å². The second kappa shape index (κ2) is 7.68. The number of benzene rings is 1. The molecule has 8 heteroatoms. The van der Waals surface area contributed by atoms with E-state index < -0.39 is 5.91 Å². The number of thiocarbonyl (C=S) groups is 1. The first-order valence-corrected chi connectivity index (χ1v) is 7.72. The number of carbonyl (C=O) groups excluding carboxylic acids is 2. The molecule has 0 atom stereocenters. The highest BCUT2D eigenvalue weighted by Gasteiger charge is 2.23. The first-order chi connectivity index (χ1) is 11.0. The molecule has 1 aromatic rings. The maximum absolute atomic E-state index is 12.4. The number of likely N-dealkylation sites (tertiary alicyclic amines) is 1. The van der Waals surface area contributed by atoms with E-state index in [2.05, 4.69) is 10.5 Å². The van der Waals surface area contributed by atoms with E-state index in [9.17, 15) is 9.59 Å². The van der Waals surface area contributed by atoms with Crippen molar-refractivity contribution in [3.05, 3.63) is 29.8 Å². The zero-order valence-electron chi connectivity index (χ0n) is 12.6. The minimum absolute atomic E-state index is 0.0286. The third-order valence-electron chi connectivity index (χ3n) is 3.55. The minimum Gasteiger partial charge on any atom is -0.388 e. The Kier molecular flexibility index (Phi) is 5.64. The summed E-state index contributed by atoms with van der Waals surface area (Å²) in [5.74, 6) is -0.775. The van der Waals surface area contributed by atoms with E-state index in [1.807, 2.05) is 0 Å². The molecule has 0 unspecified atom stereocenters. The smallest absolute Gasteiger partial charge is 0.277 e. The summed E-state index contributed by atoms with van der Waals surface area (Å²) in [7, 11) is 0. The molecule has 0 radical (unpaired) electrons. The Morgan fingerprint density at radius 1 is 1.09 bits per heavy atom. The van der Waals surface area contributed by atoms with E-state index in [0.29, 0.717) is 24.3 Å². The van der Waals surface area contributed by atoms with Gasteiger partial charge in [-0.2, -0.15) is 5.10 Å². The molecule has 1 aliphatic rings. The van der Waals surface area contributed by atoms with Crippen molar-refractivity contribution < 1.29 is 9.59 Å². The molecular weight excluding hydrogens is 314 g/mol. The molecule has 0 saturated carbocycles. The van der Waals surface area contributed by atoms with Crippen LogP contribution in [0.2, 0.25) is 0 Å². The van der Waals surface area contributed by atoms with E-state index in [1.165, 1.54) is 0 Å². The molecule has 1 aliphatic heterocycles. The van der Waals surface area contributed by atoms with Crippen molar-refractivity contribution in [1.82, 2.24) is 4.90 Å². The number of amides is 2. The van der Waals surface area contributed by atoms with Gasteiger partial charge in [0.2, 0.25) is 5.91 Å². The van der Waals surface area contributed by atoms with Crippen LogP contribution in [0.25, 0.3) is 0 Å². The van der Waals surface area contributed by atoms with E-state index in [4.69, 9.17) is 23.7 Å². The van der Waals surface area contributed by atoms with Crippen molar-refractivity contribution in [3.63, 3.8) is 0 Å². The Bertz CT molecular complexity index is 636. The summed E-state index contributed by atoms with van der Waals surface area (Å²) in [6.07, 6.45) is 3.06. The number of nitrogens with two attached hydrogens (primary N) is 2. The van der Waals surface area contributed by atoms with Gasteiger partial charge in [0.1, 0.15) is 4.99 Å². The molecule has 1 saturated heterocycles. The molecule has 0 spiro atoms. The average Bonchev–Trinajstić information content (AvgIpc) is 2.55. The van der Waals surface area contributed by atoms with Crippen molar-refractivity contribution in [1.29, 1.82) is 0 Å². The van der Waals surface area contributed by atoms with Crippen LogP contribution in [-0.4, -0.2) is 40.5 Å². The Labute approximate surface area is 139 Å². The summed E-state index contributed by atoms with van der Waals surface area (Å²) in [6, 6.07) is 6.39. The molecule has 0 aromatic heterocycles. The Morgan fingerprint density at radius 3 is 2.22 bits per heavy atom. The van der Waals surface area contributed by atoms with Crippen LogP contribution >= 0.6 is 12.2 Å². The lowest BCUT2D eigenvalue weighted by molar-refractivity contribution is -0.124. The molecular formula is C15H19N5O2S. The maximum atomic E-state index is 12.4. The zero-order valence-corrected chi connectivity index (χ0v) is 13.4. The van der Waals surface area contributed by atoms with Crippen LogP contribution in [0.15, 0.2) is 29.4 Å². The molecule has 1 fully saturated rings. The van der Waals surface area contributed by atoms with Gasteiger partial charge in [0.15, 0.2) is 5.71 Å². The monoisotopic (exact) mass is 333 g/mol. The predicted octanol–water partition coefficient (Wildman–Crippen LogP) is 0.852. The van der Waals surface area contributed by atoms with E-state index in [0.717, 1.165) is 19.3 Å². The molecule has 122 valence electrons. The van der Waals surface area contributed by atoms with Gasteiger partial charge in [-0.05, 0) is 43.5 Å². The van der Waals surface area contributed by atoms with Crippen LogP contribution < -0.4 is 16.9 Å². The van der Waals surface area contributed by atoms with Crippen molar-refractivity contribution in [2.24, 2.45) is 16.6 Å². The fourth-order valence-electron chi connectivity index (χ4n) is 2.28. The number of piperidine rings is 1. The second-order valence-corrected chi connectivity index (χ2v) is 5.67. The highest BCUT2D eigenvalue weighted by atomic mass is 32.1. The first kappa shape index (κ1) is 16.9. The molecule has 2 rings (SSSR count). The molecule has 0 bridgehead atoms. The Hall–Kier alpha value is -2.48. The quantitative estimate of drug-likeness (QED) is 0.420. The normalized spacial score (nSPS) is 15.1. The van der Waals surface area contributed by atoms with Crippen LogP contribution in [-0.2, 0) is 4.79 Å². The van der Waals surface area contributed by atoms with E-state index >= 15 is 0 Å². The molecule has 1 aromatic carbocycles. The van der Waals surface area contributed by atoms with Crippen molar-refractivity contribution >= 4 is 40.4 Å². The summed E-state index contributed by atoms with van der Waals surface area (Å²) in [4.78, 5) is 25.1. The highest BCUT2D eigenvalue weighted by Crippen LogP contribution is 2.11. The first-order valence-electron chi connectivity index (χ1n) is 7.31.